The lowest BCUT2D eigenvalue weighted by Crippen LogP contribution is -2.30. The molecule has 0 unspecified atom stereocenters. The molecule has 28 heavy (non-hydrogen) atoms. The van der Waals surface area contributed by atoms with Crippen LogP contribution in [0.25, 0.3) is 0 Å². The molecule has 2 amide bonds. The summed E-state index contributed by atoms with van der Waals surface area (Å²) in [6, 6.07) is 18.3. The van der Waals surface area contributed by atoms with Crippen LogP contribution in [-0.4, -0.2) is 24.3 Å². The van der Waals surface area contributed by atoms with Gasteiger partial charge < -0.3 is 10.1 Å². The Hall–Kier alpha value is -3.72. The fraction of sp³-hybridized carbons (Fsp3) is 0.0526. The molecular weight excluding hydrogens is 380 g/mol. The Morgan fingerprint density at radius 3 is 2.64 bits per heavy atom. The number of methoxy groups -OCH3 is 1. The normalized spacial score (nSPS) is 10.6. The molecule has 0 radical (unpaired) electrons. The number of carbonyl (C=O) groups is 1. The number of thiophene rings is 1. The van der Waals surface area contributed by atoms with Gasteiger partial charge in [0.05, 0.1) is 28.8 Å². The fourth-order valence-corrected chi connectivity index (χ4v) is 3.00. The maximum absolute atomic E-state index is 12.8. The predicted molar refractivity (Wildman–Crippen MR) is 110 cm³/mol. The van der Waals surface area contributed by atoms with Crippen LogP contribution in [0.3, 0.4) is 0 Å². The van der Waals surface area contributed by atoms with Gasteiger partial charge in [-0.15, -0.1) is 0 Å². The van der Waals surface area contributed by atoms with Gasteiger partial charge in [-0.3, -0.25) is 10.1 Å². The van der Waals surface area contributed by atoms with Gasteiger partial charge in [-0.2, -0.15) is 10.1 Å². The van der Waals surface area contributed by atoms with E-state index >= 15 is 0 Å². The molecule has 0 aliphatic heterocycles. The van der Waals surface area contributed by atoms with E-state index in [9.17, 15) is 14.9 Å². The summed E-state index contributed by atoms with van der Waals surface area (Å²) in [7, 11) is 1.54. The molecule has 0 saturated heterocycles. The van der Waals surface area contributed by atoms with Crippen molar-refractivity contribution in [1.82, 2.24) is 0 Å². The first-order chi connectivity index (χ1) is 13.6. The monoisotopic (exact) mass is 396 g/mol. The summed E-state index contributed by atoms with van der Waals surface area (Å²) < 4.78 is 5.16. The van der Waals surface area contributed by atoms with Crippen LogP contribution in [0.1, 0.15) is 4.88 Å². The predicted octanol–water partition coefficient (Wildman–Crippen LogP) is 4.74. The molecular formula is C19H16N4O4S. The lowest BCUT2D eigenvalue weighted by atomic mass is 10.3. The van der Waals surface area contributed by atoms with Gasteiger partial charge in [-0.25, -0.2) is 4.79 Å². The molecule has 0 bridgehead atoms. The van der Waals surface area contributed by atoms with Crippen molar-refractivity contribution in [3.05, 3.63) is 81.7 Å². The summed E-state index contributed by atoms with van der Waals surface area (Å²) >= 11 is 0.975. The summed E-state index contributed by atoms with van der Waals surface area (Å²) in [6.45, 7) is 0. The quantitative estimate of drug-likeness (QED) is 0.370. The smallest absolute Gasteiger partial charge is 0.347 e. The molecule has 142 valence electrons. The van der Waals surface area contributed by atoms with Crippen molar-refractivity contribution in [2.45, 2.75) is 0 Å². The second kappa shape index (κ2) is 8.78. The molecule has 8 nitrogen and oxygen atoms in total. The zero-order valence-corrected chi connectivity index (χ0v) is 15.6. The van der Waals surface area contributed by atoms with Crippen molar-refractivity contribution >= 4 is 40.0 Å². The van der Waals surface area contributed by atoms with Crippen molar-refractivity contribution in [1.29, 1.82) is 0 Å². The van der Waals surface area contributed by atoms with E-state index in [1.54, 1.807) is 61.7 Å². The highest BCUT2D eigenvalue weighted by Crippen LogP contribution is 2.23. The molecule has 1 aromatic heterocycles. The number of nitrogens with one attached hydrogen (secondary N) is 1. The van der Waals surface area contributed by atoms with Crippen molar-refractivity contribution in [2.24, 2.45) is 5.10 Å². The molecule has 0 aliphatic carbocycles. The third-order valence-electron chi connectivity index (χ3n) is 3.61. The Balaban J connectivity index is 1.85. The van der Waals surface area contributed by atoms with E-state index in [1.807, 2.05) is 6.07 Å². The van der Waals surface area contributed by atoms with Gasteiger partial charge in [0.1, 0.15) is 5.75 Å². The first-order valence-electron chi connectivity index (χ1n) is 8.15. The molecule has 0 spiro atoms. The van der Waals surface area contributed by atoms with E-state index in [0.29, 0.717) is 22.0 Å². The van der Waals surface area contributed by atoms with Gasteiger partial charge in [-0.05, 0) is 30.3 Å². The minimum absolute atomic E-state index is 0.00791. The number of rotatable bonds is 6. The molecule has 0 fully saturated rings. The van der Waals surface area contributed by atoms with Crippen molar-refractivity contribution in [3.63, 3.8) is 0 Å². The number of hydrogen-bond acceptors (Lipinski definition) is 6. The first kappa shape index (κ1) is 19.1. The summed E-state index contributed by atoms with van der Waals surface area (Å²) in [5.41, 5.74) is 1.09. The summed E-state index contributed by atoms with van der Waals surface area (Å²) in [6.07, 6.45) is 1.41. The molecule has 3 aromatic rings. The van der Waals surface area contributed by atoms with Gasteiger partial charge in [0.2, 0.25) is 0 Å². The van der Waals surface area contributed by atoms with Crippen LogP contribution >= 0.6 is 11.3 Å². The molecule has 0 atom stereocenters. The van der Waals surface area contributed by atoms with Crippen LogP contribution in [0.15, 0.2) is 71.8 Å². The first-order valence-corrected chi connectivity index (χ1v) is 8.97. The van der Waals surface area contributed by atoms with Gasteiger partial charge in [-0.1, -0.05) is 35.6 Å². The van der Waals surface area contributed by atoms with Crippen LogP contribution < -0.4 is 15.1 Å². The van der Waals surface area contributed by atoms with Gasteiger partial charge in [0.15, 0.2) is 0 Å². The van der Waals surface area contributed by atoms with E-state index in [2.05, 4.69) is 10.4 Å². The van der Waals surface area contributed by atoms with Crippen LogP contribution in [0, 0.1) is 10.1 Å². The van der Waals surface area contributed by atoms with Crippen LogP contribution in [0.2, 0.25) is 0 Å². The Labute approximate surface area is 164 Å². The number of hydrazone groups is 1. The number of benzene rings is 2. The van der Waals surface area contributed by atoms with Crippen molar-refractivity contribution in [2.75, 3.05) is 17.4 Å². The molecule has 0 aliphatic rings. The second-order valence-corrected chi connectivity index (χ2v) is 6.58. The van der Waals surface area contributed by atoms with E-state index in [0.717, 1.165) is 11.3 Å². The number of para-hydroxylation sites is 1. The summed E-state index contributed by atoms with van der Waals surface area (Å²) in [5, 5.41) is 19.0. The number of urea groups is 1. The molecule has 1 heterocycles. The third-order valence-corrected chi connectivity index (χ3v) is 4.58. The zero-order valence-electron chi connectivity index (χ0n) is 14.8. The number of nitrogens with zero attached hydrogens (tertiary/aromatic N) is 3. The van der Waals surface area contributed by atoms with Crippen LogP contribution in [0.4, 0.5) is 21.2 Å². The lowest BCUT2D eigenvalue weighted by Gasteiger charge is -2.18. The van der Waals surface area contributed by atoms with Gasteiger partial charge in [0.25, 0.3) is 0 Å². The summed E-state index contributed by atoms with van der Waals surface area (Å²) in [4.78, 5) is 23.7. The highest BCUT2D eigenvalue weighted by molar-refractivity contribution is 7.16. The number of ether oxygens (including phenoxy) is 1. The highest BCUT2D eigenvalue weighted by atomic mass is 32.1. The van der Waals surface area contributed by atoms with Gasteiger partial charge in [0, 0.05) is 17.8 Å². The largest absolute Gasteiger partial charge is 0.497 e. The lowest BCUT2D eigenvalue weighted by molar-refractivity contribution is -0.380. The number of hydrogen-bond donors (Lipinski definition) is 1. The minimum atomic E-state index is -0.484. The number of anilines is 2. The third kappa shape index (κ3) is 4.71. The van der Waals surface area contributed by atoms with Crippen LogP contribution in [-0.2, 0) is 0 Å². The van der Waals surface area contributed by atoms with E-state index in [-0.39, 0.29) is 5.00 Å². The Morgan fingerprint density at radius 1 is 1.18 bits per heavy atom. The summed E-state index contributed by atoms with van der Waals surface area (Å²) in [5.74, 6) is 0.610. The maximum atomic E-state index is 12.8. The SMILES string of the molecule is COc1cccc(NC(=O)N(/N=C/c2ccc([N+](=O)[O-])s2)c2ccccc2)c1. The highest BCUT2D eigenvalue weighted by Gasteiger charge is 2.16. The van der Waals surface area contributed by atoms with E-state index in [1.165, 1.54) is 17.3 Å². The number of nitro groups is 1. The van der Waals surface area contributed by atoms with Gasteiger partial charge >= 0.3 is 11.0 Å². The molecule has 0 saturated carbocycles. The van der Waals surface area contributed by atoms with Crippen LogP contribution in [0.5, 0.6) is 5.75 Å². The van der Waals surface area contributed by atoms with Crippen molar-refractivity contribution < 1.29 is 14.5 Å². The Morgan fingerprint density at radius 2 is 1.96 bits per heavy atom. The maximum Gasteiger partial charge on any atom is 0.347 e. The van der Waals surface area contributed by atoms with E-state index in [4.69, 9.17) is 4.74 Å². The fourth-order valence-electron chi connectivity index (χ4n) is 2.31. The zero-order chi connectivity index (χ0) is 19.9. The standard InChI is InChI=1S/C19H16N4O4S/c1-27-16-9-5-6-14(12-16)21-19(24)22(15-7-3-2-4-8-15)20-13-17-10-11-18(28-17)23(25)26/h2-13H,1H3,(H,21,24)/b20-13+. The second-order valence-electron chi connectivity index (χ2n) is 5.49. The topological polar surface area (TPSA) is 97.1 Å². The average Bonchev–Trinajstić information content (AvgIpc) is 3.18. The van der Waals surface area contributed by atoms with Crippen molar-refractivity contribution in [3.8, 4) is 5.75 Å². The Bertz CT molecular complexity index is 1000. The molecule has 2 aromatic carbocycles. The molecule has 1 N–H and O–H groups in total. The average molecular weight is 396 g/mol. The number of carbonyl (C=O) groups excluding carboxylic acids is 1. The molecule has 9 heteroatoms. The number of amides is 2. The molecule has 3 rings (SSSR count). The Kier molecular flexibility index (Phi) is 5.97. The minimum Gasteiger partial charge on any atom is -0.497 e. The van der Waals surface area contributed by atoms with E-state index < -0.39 is 11.0 Å².